The van der Waals surface area contributed by atoms with Crippen molar-refractivity contribution in [2.45, 2.75) is 58.7 Å². The summed E-state index contributed by atoms with van der Waals surface area (Å²) in [5.41, 5.74) is 3.93. The van der Waals surface area contributed by atoms with Gasteiger partial charge in [0, 0.05) is 38.8 Å². The third-order valence-corrected chi connectivity index (χ3v) is 5.48. The Morgan fingerprint density at radius 1 is 1.25 bits per heavy atom. The zero-order valence-electron chi connectivity index (χ0n) is 17.5. The fraction of sp³-hybridized carbons (Fsp3) is 0.545. The van der Waals surface area contributed by atoms with E-state index in [0.717, 1.165) is 49.9 Å². The van der Waals surface area contributed by atoms with Gasteiger partial charge in [0.15, 0.2) is 11.7 Å². The maximum Gasteiger partial charge on any atom is 0.191 e. The van der Waals surface area contributed by atoms with Crippen molar-refractivity contribution in [3.63, 3.8) is 0 Å². The van der Waals surface area contributed by atoms with E-state index in [9.17, 15) is 0 Å². The molecule has 1 aliphatic rings. The number of hydrogen-bond acceptors (Lipinski definition) is 4. The van der Waals surface area contributed by atoms with Gasteiger partial charge in [-0.15, -0.1) is 0 Å². The van der Waals surface area contributed by atoms with Crippen LogP contribution in [0.1, 0.15) is 55.7 Å². The molecule has 1 aromatic carbocycles. The monoisotopic (exact) mass is 383 g/mol. The number of guanidine groups is 1. The van der Waals surface area contributed by atoms with Crippen molar-refractivity contribution < 1.29 is 4.52 Å². The third-order valence-electron chi connectivity index (χ3n) is 5.48. The van der Waals surface area contributed by atoms with Crippen LogP contribution >= 0.6 is 0 Å². The summed E-state index contributed by atoms with van der Waals surface area (Å²) in [5, 5.41) is 10.9. The van der Waals surface area contributed by atoms with E-state index in [1.165, 1.54) is 11.1 Å². The molecule has 0 saturated heterocycles. The Labute approximate surface area is 168 Å². The van der Waals surface area contributed by atoms with Crippen molar-refractivity contribution >= 4 is 5.96 Å². The second kappa shape index (κ2) is 9.73. The average molecular weight is 384 g/mol. The van der Waals surface area contributed by atoms with Crippen molar-refractivity contribution in [3.05, 3.63) is 52.9 Å². The molecule has 2 aromatic rings. The number of benzene rings is 1. The Morgan fingerprint density at radius 2 is 2.04 bits per heavy atom. The highest BCUT2D eigenvalue weighted by Crippen LogP contribution is 2.21. The summed E-state index contributed by atoms with van der Waals surface area (Å²) in [4.78, 5) is 6.92. The minimum atomic E-state index is 0.370. The number of aromatic nitrogens is 1. The lowest BCUT2D eigenvalue weighted by Crippen LogP contribution is -2.48. The molecule has 1 atom stereocenters. The van der Waals surface area contributed by atoms with Crippen molar-refractivity contribution in [3.8, 4) is 0 Å². The van der Waals surface area contributed by atoms with Gasteiger partial charge in [0.1, 0.15) is 0 Å². The molecule has 0 bridgehead atoms. The van der Waals surface area contributed by atoms with E-state index in [2.05, 4.69) is 70.7 Å². The molecule has 152 valence electrons. The quantitative estimate of drug-likeness (QED) is 0.567. The lowest BCUT2D eigenvalue weighted by atomic mass is 9.98. The van der Waals surface area contributed by atoms with Crippen LogP contribution in [0, 0.1) is 0 Å². The van der Waals surface area contributed by atoms with Crippen LogP contribution in [0.4, 0.5) is 0 Å². The highest BCUT2D eigenvalue weighted by Gasteiger charge is 2.22. The predicted molar refractivity (Wildman–Crippen MR) is 113 cm³/mol. The Bertz CT molecular complexity index is 783. The van der Waals surface area contributed by atoms with Crippen LogP contribution in [0.15, 0.2) is 39.8 Å². The lowest BCUT2D eigenvalue weighted by Gasteiger charge is -2.35. The topological polar surface area (TPSA) is 65.7 Å². The number of nitrogens with one attached hydrogen (secondary N) is 2. The minimum absolute atomic E-state index is 0.370. The molecule has 6 nitrogen and oxygen atoms in total. The summed E-state index contributed by atoms with van der Waals surface area (Å²) in [6, 6.07) is 11.3. The molecular formula is C22H33N5O. The van der Waals surface area contributed by atoms with Crippen molar-refractivity contribution in [1.29, 1.82) is 0 Å². The smallest absolute Gasteiger partial charge is 0.191 e. The number of fused-ring (bicyclic) bond motifs is 1. The molecular weight excluding hydrogens is 350 g/mol. The fourth-order valence-electron chi connectivity index (χ4n) is 3.65. The second-order valence-electron chi connectivity index (χ2n) is 7.73. The Hall–Kier alpha value is -2.34. The zero-order valence-corrected chi connectivity index (χ0v) is 17.5. The summed E-state index contributed by atoms with van der Waals surface area (Å²) in [6.07, 6.45) is 2.23. The largest absolute Gasteiger partial charge is 0.359 e. The van der Waals surface area contributed by atoms with E-state index < -0.39 is 0 Å². The molecule has 0 aliphatic carbocycles. The predicted octanol–water partition coefficient (Wildman–Crippen LogP) is 3.30. The van der Waals surface area contributed by atoms with Crippen molar-refractivity contribution in [1.82, 2.24) is 20.7 Å². The van der Waals surface area contributed by atoms with Crippen LogP contribution < -0.4 is 10.6 Å². The molecule has 0 amide bonds. The summed E-state index contributed by atoms with van der Waals surface area (Å²) in [7, 11) is 1.80. The lowest BCUT2D eigenvalue weighted by molar-refractivity contribution is 0.174. The van der Waals surface area contributed by atoms with Gasteiger partial charge < -0.3 is 15.2 Å². The summed E-state index contributed by atoms with van der Waals surface area (Å²) < 4.78 is 5.39. The van der Waals surface area contributed by atoms with Crippen LogP contribution in [0.2, 0.25) is 0 Å². The van der Waals surface area contributed by atoms with Crippen molar-refractivity contribution in [2.24, 2.45) is 4.99 Å². The number of hydrogen-bond donors (Lipinski definition) is 2. The van der Waals surface area contributed by atoms with Gasteiger partial charge in [0.25, 0.3) is 0 Å². The number of nitrogens with zero attached hydrogens (tertiary/aromatic N) is 3. The fourth-order valence-corrected chi connectivity index (χ4v) is 3.65. The van der Waals surface area contributed by atoms with E-state index in [0.29, 0.717) is 18.5 Å². The van der Waals surface area contributed by atoms with Crippen LogP contribution in [0.3, 0.4) is 0 Å². The van der Waals surface area contributed by atoms with E-state index >= 15 is 0 Å². The Morgan fingerprint density at radius 3 is 2.71 bits per heavy atom. The summed E-state index contributed by atoms with van der Waals surface area (Å²) in [6.45, 7) is 10.1. The highest BCUT2D eigenvalue weighted by atomic mass is 16.5. The first-order valence-electron chi connectivity index (χ1n) is 10.3. The molecule has 3 rings (SSSR count). The maximum absolute atomic E-state index is 5.39. The molecule has 0 saturated carbocycles. The second-order valence-corrected chi connectivity index (χ2v) is 7.73. The third kappa shape index (κ3) is 5.13. The van der Waals surface area contributed by atoms with Gasteiger partial charge in [0.05, 0.1) is 12.2 Å². The van der Waals surface area contributed by atoms with Gasteiger partial charge in [-0.2, -0.15) is 0 Å². The molecule has 2 heterocycles. The standard InChI is InChI=1S/C22H33N5O/c1-5-19(27-11-10-17-8-6-7-9-18(17)15-27)13-24-22(23-4)25-14-20-12-21(16(2)3)26-28-20/h6-9,12,16,19H,5,10-11,13-15H2,1-4H3,(H2,23,24,25). The van der Waals surface area contributed by atoms with Crippen LogP contribution in [-0.2, 0) is 19.5 Å². The van der Waals surface area contributed by atoms with Crippen LogP contribution in [0.5, 0.6) is 0 Å². The molecule has 0 spiro atoms. The first-order valence-corrected chi connectivity index (χ1v) is 10.3. The van der Waals surface area contributed by atoms with E-state index in [-0.39, 0.29) is 0 Å². The number of aliphatic imine (C=N–C) groups is 1. The van der Waals surface area contributed by atoms with Crippen LogP contribution in [-0.4, -0.2) is 42.2 Å². The molecule has 6 heteroatoms. The van der Waals surface area contributed by atoms with Gasteiger partial charge in [-0.25, -0.2) is 0 Å². The van der Waals surface area contributed by atoms with Crippen molar-refractivity contribution in [2.75, 3.05) is 20.1 Å². The molecule has 2 N–H and O–H groups in total. The highest BCUT2D eigenvalue weighted by molar-refractivity contribution is 5.79. The van der Waals surface area contributed by atoms with E-state index in [1.54, 1.807) is 7.05 Å². The average Bonchev–Trinajstić information content (AvgIpc) is 3.20. The molecule has 1 aromatic heterocycles. The first-order chi connectivity index (χ1) is 13.6. The van der Waals surface area contributed by atoms with Gasteiger partial charge in [-0.3, -0.25) is 9.89 Å². The zero-order chi connectivity index (χ0) is 19.9. The molecule has 0 radical (unpaired) electrons. The van der Waals surface area contributed by atoms with E-state index in [1.807, 2.05) is 6.07 Å². The minimum Gasteiger partial charge on any atom is -0.359 e. The summed E-state index contributed by atoms with van der Waals surface area (Å²) in [5.74, 6) is 1.99. The number of rotatable bonds is 7. The molecule has 1 aliphatic heterocycles. The van der Waals surface area contributed by atoms with Crippen LogP contribution in [0.25, 0.3) is 0 Å². The Kier molecular flexibility index (Phi) is 7.09. The van der Waals surface area contributed by atoms with Gasteiger partial charge >= 0.3 is 0 Å². The SMILES string of the molecule is CCC(CNC(=NC)NCc1cc(C(C)C)no1)N1CCc2ccccc2C1. The van der Waals surface area contributed by atoms with Gasteiger partial charge in [0.2, 0.25) is 0 Å². The first kappa shape index (κ1) is 20.4. The molecule has 0 fully saturated rings. The molecule has 28 heavy (non-hydrogen) atoms. The molecule has 1 unspecified atom stereocenters. The summed E-state index contributed by atoms with van der Waals surface area (Å²) >= 11 is 0. The Balaban J connectivity index is 1.50. The maximum atomic E-state index is 5.39. The van der Waals surface area contributed by atoms with Gasteiger partial charge in [-0.05, 0) is 29.9 Å². The van der Waals surface area contributed by atoms with Gasteiger partial charge in [-0.1, -0.05) is 50.2 Å². The van der Waals surface area contributed by atoms with E-state index in [4.69, 9.17) is 4.52 Å². The normalized spacial score (nSPS) is 16.1.